The molecule has 0 spiro atoms. The Labute approximate surface area is 151 Å². The predicted molar refractivity (Wildman–Crippen MR) is 99.5 cm³/mol. The molecular formula is C18H24N4O2S. The lowest BCUT2D eigenvalue weighted by atomic mass is 10.0. The second kappa shape index (κ2) is 7.41. The molecule has 0 radical (unpaired) electrons. The molecule has 1 unspecified atom stereocenters. The van der Waals surface area contributed by atoms with Crippen molar-refractivity contribution in [2.75, 3.05) is 13.1 Å². The van der Waals surface area contributed by atoms with Crippen LogP contribution in [0, 0.1) is 0 Å². The molecule has 2 aromatic heterocycles. The average molecular weight is 360 g/mol. The summed E-state index contributed by atoms with van der Waals surface area (Å²) in [7, 11) is 0. The Kier molecular flexibility index (Phi) is 5.24. The van der Waals surface area contributed by atoms with E-state index in [1.807, 2.05) is 26.0 Å². The zero-order valence-corrected chi connectivity index (χ0v) is 15.8. The van der Waals surface area contributed by atoms with Gasteiger partial charge in [0.1, 0.15) is 12.1 Å². The van der Waals surface area contributed by atoms with Crippen LogP contribution in [0.25, 0.3) is 4.96 Å². The molecule has 7 heteroatoms. The van der Waals surface area contributed by atoms with Gasteiger partial charge in [-0.2, -0.15) is 9.61 Å². The van der Waals surface area contributed by atoms with Crippen LogP contribution in [0.5, 0.6) is 11.6 Å². The van der Waals surface area contributed by atoms with Crippen LogP contribution in [0.4, 0.5) is 0 Å². The highest BCUT2D eigenvalue weighted by Gasteiger charge is 2.27. The van der Waals surface area contributed by atoms with E-state index in [1.165, 1.54) is 22.2 Å². The van der Waals surface area contributed by atoms with Crippen LogP contribution >= 0.6 is 11.3 Å². The topological polar surface area (TPSA) is 62.9 Å². The Morgan fingerprint density at radius 2 is 1.88 bits per heavy atom. The number of hydrogen-bond donors (Lipinski definition) is 1. The molecule has 0 aliphatic carbocycles. The first-order chi connectivity index (χ1) is 12.0. The van der Waals surface area contributed by atoms with Gasteiger partial charge in [0.15, 0.2) is 0 Å². The summed E-state index contributed by atoms with van der Waals surface area (Å²) in [6, 6.07) is 8.06. The number of hydrogen-bond acceptors (Lipinski definition) is 6. The summed E-state index contributed by atoms with van der Waals surface area (Å²) in [5.41, 5.74) is 1.11. The number of thiazole rings is 1. The van der Waals surface area contributed by atoms with Gasteiger partial charge in [-0.1, -0.05) is 37.3 Å². The third-order valence-electron chi connectivity index (χ3n) is 4.13. The molecule has 134 valence electrons. The second-order valence-electron chi connectivity index (χ2n) is 6.10. The van der Waals surface area contributed by atoms with Crippen LogP contribution in [0.15, 0.2) is 30.6 Å². The molecule has 0 aliphatic heterocycles. The second-order valence-corrected chi connectivity index (χ2v) is 7.11. The maximum absolute atomic E-state index is 10.6. The number of aromatic hydroxyl groups is 1. The Balaban J connectivity index is 2.03. The largest absolute Gasteiger partial charge is 0.492 e. The monoisotopic (exact) mass is 360 g/mol. The van der Waals surface area contributed by atoms with Crippen molar-refractivity contribution in [1.29, 1.82) is 0 Å². The first-order valence-corrected chi connectivity index (χ1v) is 9.38. The highest BCUT2D eigenvalue weighted by atomic mass is 32.1. The fourth-order valence-electron chi connectivity index (χ4n) is 2.99. The van der Waals surface area contributed by atoms with E-state index in [0.717, 1.165) is 29.3 Å². The molecule has 0 saturated heterocycles. The van der Waals surface area contributed by atoms with E-state index in [4.69, 9.17) is 4.74 Å². The minimum absolute atomic E-state index is 0.0448. The molecule has 3 rings (SSSR count). The van der Waals surface area contributed by atoms with E-state index >= 15 is 0 Å². The molecule has 0 saturated carbocycles. The molecule has 0 amide bonds. The molecule has 1 aromatic carbocycles. The Morgan fingerprint density at radius 1 is 1.20 bits per heavy atom. The summed E-state index contributed by atoms with van der Waals surface area (Å²) in [6.07, 6.45) is 1.60. The van der Waals surface area contributed by atoms with E-state index in [1.54, 1.807) is 0 Å². The molecule has 0 bridgehead atoms. The van der Waals surface area contributed by atoms with Crippen LogP contribution in [0.2, 0.25) is 0 Å². The van der Waals surface area contributed by atoms with Gasteiger partial charge < -0.3 is 9.84 Å². The molecule has 25 heavy (non-hydrogen) atoms. The molecule has 0 aliphatic rings. The summed E-state index contributed by atoms with van der Waals surface area (Å²) >= 11 is 1.47. The van der Waals surface area contributed by atoms with Crippen molar-refractivity contribution in [2.24, 2.45) is 0 Å². The van der Waals surface area contributed by atoms with Gasteiger partial charge in [0.25, 0.3) is 0 Å². The number of rotatable bonds is 7. The minimum Gasteiger partial charge on any atom is -0.492 e. The third kappa shape index (κ3) is 3.48. The summed E-state index contributed by atoms with van der Waals surface area (Å²) in [6.45, 7) is 10.0. The van der Waals surface area contributed by atoms with Crippen molar-refractivity contribution in [3.63, 3.8) is 0 Å². The van der Waals surface area contributed by atoms with Gasteiger partial charge in [0.2, 0.25) is 10.8 Å². The Hall–Kier alpha value is -2.12. The van der Waals surface area contributed by atoms with Crippen molar-refractivity contribution < 1.29 is 9.84 Å². The van der Waals surface area contributed by atoms with E-state index in [0.29, 0.717) is 4.96 Å². The molecule has 0 fully saturated rings. The smallest absolute Gasteiger partial charge is 0.230 e. The maximum atomic E-state index is 10.6. The molecule has 1 atom stereocenters. The lowest BCUT2D eigenvalue weighted by Gasteiger charge is -2.29. The van der Waals surface area contributed by atoms with Gasteiger partial charge in [0, 0.05) is 0 Å². The summed E-state index contributed by atoms with van der Waals surface area (Å²) in [5.74, 6) is 1.01. The highest BCUT2D eigenvalue weighted by Crippen LogP contribution is 2.39. The number of ether oxygens (including phenoxy) is 1. The predicted octanol–water partition coefficient (Wildman–Crippen LogP) is 3.71. The van der Waals surface area contributed by atoms with Gasteiger partial charge in [0.05, 0.1) is 17.0 Å². The van der Waals surface area contributed by atoms with Crippen LogP contribution in [-0.4, -0.2) is 43.8 Å². The van der Waals surface area contributed by atoms with Crippen molar-refractivity contribution >= 4 is 16.3 Å². The maximum Gasteiger partial charge on any atom is 0.230 e. The van der Waals surface area contributed by atoms with Gasteiger partial charge in [-0.05, 0) is 44.6 Å². The zero-order valence-electron chi connectivity index (χ0n) is 15.0. The lowest BCUT2D eigenvalue weighted by molar-refractivity contribution is 0.240. The van der Waals surface area contributed by atoms with Gasteiger partial charge in [-0.25, -0.2) is 4.98 Å². The number of fused-ring (bicyclic) bond motifs is 1. The van der Waals surface area contributed by atoms with Crippen molar-refractivity contribution in [3.05, 3.63) is 41.0 Å². The Bertz CT molecular complexity index is 821. The van der Waals surface area contributed by atoms with Crippen molar-refractivity contribution in [2.45, 2.75) is 39.8 Å². The van der Waals surface area contributed by atoms with Crippen molar-refractivity contribution in [3.8, 4) is 11.6 Å². The van der Waals surface area contributed by atoms with Gasteiger partial charge in [-0.15, -0.1) is 0 Å². The molecule has 6 nitrogen and oxygen atoms in total. The zero-order chi connectivity index (χ0) is 18.0. The average Bonchev–Trinajstić information content (AvgIpc) is 3.16. The fraction of sp³-hybridized carbons (Fsp3) is 0.444. The van der Waals surface area contributed by atoms with E-state index in [9.17, 15) is 5.11 Å². The summed E-state index contributed by atoms with van der Waals surface area (Å²) < 4.78 is 7.24. The van der Waals surface area contributed by atoms with Crippen LogP contribution in [0.1, 0.15) is 44.2 Å². The van der Waals surface area contributed by atoms with E-state index in [2.05, 4.69) is 41.0 Å². The summed E-state index contributed by atoms with van der Waals surface area (Å²) in [5, 5.41) is 14.7. The normalized spacial score (nSPS) is 13.0. The van der Waals surface area contributed by atoms with Gasteiger partial charge in [-0.3, -0.25) is 4.90 Å². The molecule has 1 N–H and O–H groups in total. The fourth-order valence-corrected chi connectivity index (χ4v) is 4.08. The third-order valence-corrected chi connectivity index (χ3v) is 5.22. The highest BCUT2D eigenvalue weighted by molar-refractivity contribution is 7.17. The van der Waals surface area contributed by atoms with E-state index < -0.39 is 0 Å². The Morgan fingerprint density at radius 3 is 2.44 bits per heavy atom. The SMILES string of the molecule is CCN(CC)C(c1ccc(OC(C)C)cc1)c1sc2ncnn2c1O. The van der Waals surface area contributed by atoms with Crippen LogP contribution < -0.4 is 4.74 Å². The number of aromatic nitrogens is 3. The van der Waals surface area contributed by atoms with Crippen LogP contribution in [-0.2, 0) is 0 Å². The quantitative estimate of drug-likeness (QED) is 0.696. The molecule has 3 aromatic rings. The molecule has 2 heterocycles. The summed E-state index contributed by atoms with van der Waals surface area (Å²) in [4.78, 5) is 8.07. The lowest BCUT2D eigenvalue weighted by Crippen LogP contribution is -2.28. The van der Waals surface area contributed by atoms with Gasteiger partial charge >= 0.3 is 0 Å². The van der Waals surface area contributed by atoms with Crippen molar-refractivity contribution in [1.82, 2.24) is 19.5 Å². The minimum atomic E-state index is -0.0448. The standard InChI is InChI=1S/C18H24N4O2S/c1-5-21(6-2)15(13-7-9-14(10-8-13)24-12(3)4)16-17(23)22-18(25-16)19-11-20-22/h7-12,15,23H,5-6H2,1-4H3. The first-order valence-electron chi connectivity index (χ1n) is 8.57. The first kappa shape index (κ1) is 17.7. The number of nitrogens with zero attached hydrogens (tertiary/aromatic N) is 4. The number of benzene rings is 1. The van der Waals surface area contributed by atoms with Crippen LogP contribution in [0.3, 0.4) is 0 Å². The van der Waals surface area contributed by atoms with E-state index in [-0.39, 0.29) is 18.0 Å². The molecular weight excluding hydrogens is 336 g/mol.